The normalized spacial score (nSPS) is 11.3. The van der Waals surface area contributed by atoms with Gasteiger partial charge in [-0.05, 0) is 45.0 Å². The van der Waals surface area contributed by atoms with Crippen LogP contribution in [-0.4, -0.2) is 21.6 Å². The molecular weight excluding hydrogens is 260 g/mol. The lowest BCUT2D eigenvalue weighted by atomic mass is 10.1. The lowest BCUT2D eigenvalue weighted by Crippen LogP contribution is -2.25. The maximum Gasteiger partial charge on any atom is 0.355 e. The number of hydrogen-bond acceptors (Lipinski definition) is 4. The van der Waals surface area contributed by atoms with E-state index in [9.17, 15) is 4.79 Å². The van der Waals surface area contributed by atoms with Crippen LogP contribution in [0.3, 0.4) is 0 Å². The second-order valence-corrected chi connectivity index (χ2v) is 6.15. The molecule has 2 aromatic rings. The molecule has 0 aliphatic carbocycles. The Morgan fingerprint density at radius 3 is 2.37 bits per heavy atom. The summed E-state index contributed by atoms with van der Waals surface area (Å²) in [5.41, 5.74) is 2.07. The van der Waals surface area contributed by atoms with Gasteiger partial charge in [-0.1, -0.05) is 0 Å². The van der Waals surface area contributed by atoms with Crippen molar-refractivity contribution in [2.24, 2.45) is 0 Å². The minimum absolute atomic E-state index is 0.0131. The summed E-state index contributed by atoms with van der Waals surface area (Å²) in [6.45, 7) is 6.29. The fourth-order valence-corrected chi connectivity index (χ4v) is 2.43. The highest BCUT2D eigenvalue weighted by atomic mass is 32.1. The van der Waals surface area contributed by atoms with Crippen molar-refractivity contribution in [2.45, 2.75) is 26.3 Å². The predicted octanol–water partition coefficient (Wildman–Crippen LogP) is 3.72. The van der Waals surface area contributed by atoms with Gasteiger partial charge >= 0.3 is 5.97 Å². The maximum absolute atomic E-state index is 10.8. The van der Waals surface area contributed by atoms with Gasteiger partial charge in [0.15, 0.2) is 5.69 Å². The van der Waals surface area contributed by atoms with Crippen molar-refractivity contribution in [3.8, 4) is 10.6 Å². The highest BCUT2D eigenvalue weighted by molar-refractivity contribution is 7.13. The fraction of sp³-hybridized carbons (Fsp3) is 0.286. The minimum atomic E-state index is -0.992. The van der Waals surface area contributed by atoms with Gasteiger partial charge in [-0.15, -0.1) is 11.3 Å². The average molecular weight is 276 g/mol. The number of nitrogens with zero attached hydrogens (tertiary/aromatic N) is 1. The molecule has 1 heterocycles. The number of carbonyl (C=O) groups is 1. The monoisotopic (exact) mass is 276 g/mol. The molecule has 0 fully saturated rings. The molecule has 0 saturated carbocycles. The van der Waals surface area contributed by atoms with Crippen LogP contribution in [0.25, 0.3) is 10.6 Å². The molecule has 0 atom stereocenters. The molecule has 5 heteroatoms. The largest absolute Gasteiger partial charge is 0.476 e. The number of anilines is 1. The zero-order valence-corrected chi connectivity index (χ0v) is 11.9. The molecule has 100 valence electrons. The maximum atomic E-state index is 10.8. The summed E-state index contributed by atoms with van der Waals surface area (Å²) in [6, 6.07) is 7.84. The first kappa shape index (κ1) is 13.5. The zero-order valence-electron chi connectivity index (χ0n) is 11.1. The molecule has 0 unspecified atom stereocenters. The van der Waals surface area contributed by atoms with Gasteiger partial charge in [0.1, 0.15) is 5.01 Å². The summed E-state index contributed by atoms with van der Waals surface area (Å²) in [6.07, 6.45) is 0. The fourth-order valence-electron chi connectivity index (χ4n) is 1.63. The van der Waals surface area contributed by atoms with Crippen molar-refractivity contribution in [1.82, 2.24) is 4.98 Å². The molecule has 4 nitrogen and oxygen atoms in total. The third-order valence-electron chi connectivity index (χ3n) is 2.37. The highest BCUT2D eigenvalue weighted by Crippen LogP contribution is 2.25. The Labute approximate surface area is 116 Å². The number of thiazole rings is 1. The van der Waals surface area contributed by atoms with Gasteiger partial charge in [0.2, 0.25) is 0 Å². The van der Waals surface area contributed by atoms with E-state index in [1.807, 2.05) is 24.3 Å². The summed E-state index contributed by atoms with van der Waals surface area (Å²) < 4.78 is 0. The van der Waals surface area contributed by atoms with E-state index in [-0.39, 0.29) is 11.2 Å². The number of rotatable bonds is 3. The van der Waals surface area contributed by atoms with E-state index >= 15 is 0 Å². The minimum Gasteiger partial charge on any atom is -0.476 e. The Kier molecular flexibility index (Phi) is 3.57. The number of carboxylic acid groups (broad SMARTS) is 1. The molecule has 19 heavy (non-hydrogen) atoms. The van der Waals surface area contributed by atoms with E-state index in [1.165, 1.54) is 11.3 Å². The van der Waals surface area contributed by atoms with Crippen LogP contribution in [0.4, 0.5) is 5.69 Å². The van der Waals surface area contributed by atoms with Gasteiger partial charge in [-0.3, -0.25) is 0 Å². The molecule has 0 aliphatic heterocycles. The SMILES string of the molecule is CC(C)(C)Nc1ccc(-c2nc(C(=O)O)cs2)cc1. The Hall–Kier alpha value is -1.88. The molecule has 0 amide bonds. The van der Waals surface area contributed by atoms with E-state index in [0.717, 1.165) is 16.3 Å². The molecule has 0 radical (unpaired) electrons. The Bertz CT molecular complexity index is 582. The molecule has 0 spiro atoms. The first-order valence-electron chi connectivity index (χ1n) is 5.92. The van der Waals surface area contributed by atoms with Crippen molar-refractivity contribution in [3.05, 3.63) is 35.3 Å². The van der Waals surface area contributed by atoms with Gasteiger partial charge in [0, 0.05) is 22.2 Å². The molecule has 0 saturated heterocycles. The quantitative estimate of drug-likeness (QED) is 0.897. The van der Waals surface area contributed by atoms with Crippen LogP contribution in [-0.2, 0) is 0 Å². The van der Waals surface area contributed by atoms with Crippen LogP contribution in [0, 0.1) is 0 Å². The van der Waals surface area contributed by atoms with Gasteiger partial charge in [0.05, 0.1) is 0 Å². The number of nitrogens with one attached hydrogen (secondary N) is 1. The summed E-state index contributed by atoms with van der Waals surface area (Å²) in [5.74, 6) is -0.992. The average Bonchev–Trinajstić information content (AvgIpc) is 2.77. The third kappa shape index (κ3) is 3.54. The van der Waals surface area contributed by atoms with Crippen LogP contribution in [0.5, 0.6) is 0 Å². The molecule has 0 bridgehead atoms. The molecule has 2 rings (SSSR count). The molecule has 2 N–H and O–H groups in total. The van der Waals surface area contributed by atoms with Crippen molar-refractivity contribution in [3.63, 3.8) is 0 Å². The number of carboxylic acids is 1. The van der Waals surface area contributed by atoms with Gasteiger partial charge in [0.25, 0.3) is 0 Å². The van der Waals surface area contributed by atoms with E-state index in [2.05, 4.69) is 31.1 Å². The Morgan fingerprint density at radius 1 is 1.26 bits per heavy atom. The van der Waals surface area contributed by atoms with E-state index < -0.39 is 5.97 Å². The standard InChI is InChI=1S/C14H16N2O2S/c1-14(2,3)16-10-6-4-9(5-7-10)12-15-11(8-19-12)13(17)18/h4-8,16H,1-3H3,(H,17,18). The van der Waals surface area contributed by atoms with E-state index in [1.54, 1.807) is 5.38 Å². The first-order chi connectivity index (χ1) is 8.85. The number of hydrogen-bond donors (Lipinski definition) is 2. The van der Waals surface area contributed by atoms with Crippen LogP contribution < -0.4 is 5.32 Å². The number of aromatic nitrogens is 1. The van der Waals surface area contributed by atoms with Gasteiger partial charge in [-0.2, -0.15) is 0 Å². The molecular formula is C14H16N2O2S. The summed E-state index contributed by atoms with van der Waals surface area (Å²) >= 11 is 1.34. The summed E-state index contributed by atoms with van der Waals surface area (Å²) in [4.78, 5) is 14.9. The van der Waals surface area contributed by atoms with Crippen molar-refractivity contribution >= 4 is 23.0 Å². The van der Waals surface area contributed by atoms with Crippen LogP contribution in [0.15, 0.2) is 29.6 Å². The first-order valence-corrected chi connectivity index (χ1v) is 6.80. The lowest BCUT2D eigenvalue weighted by molar-refractivity contribution is 0.0691. The number of benzene rings is 1. The summed E-state index contributed by atoms with van der Waals surface area (Å²) in [5, 5.41) is 14.5. The smallest absolute Gasteiger partial charge is 0.355 e. The summed E-state index contributed by atoms with van der Waals surface area (Å²) in [7, 11) is 0. The van der Waals surface area contributed by atoms with Crippen LogP contribution in [0.1, 0.15) is 31.3 Å². The highest BCUT2D eigenvalue weighted by Gasteiger charge is 2.11. The van der Waals surface area contributed by atoms with Crippen LogP contribution >= 0.6 is 11.3 Å². The van der Waals surface area contributed by atoms with E-state index in [0.29, 0.717) is 0 Å². The third-order valence-corrected chi connectivity index (χ3v) is 3.27. The Morgan fingerprint density at radius 2 is 1.89 bits per heavy atom. The second-order valence-electron chi connectivity index (χ2n) is 5.30. The topological polar surface area (TPSA) is 62.2 Å². The van der Waals surface area contributed by atoms with Crippen molar-refractivity contribution in [1.29, 1.82) is 0 Å². The van der Waals surface area contributed by atoms with E-state index in [4.69, 9.17) is 5.11 Å². The second kappa shape index (κ2) is 5.01. The zero-order chi connectivity index (χ0) is 14.0. The Balaban J connectivity index is 2.20. The van der Waals surface area contributed by atoms with Crippen molar-refractivity contribution < 1.29 is 9.90 Å². The number of aromatic carboxylic acids is 1. The molecule has 1 aromatic carbocycles. The molecule has 1 aromatic heterocycles. The van der Waals surface area contributed by atoms with Gasteiger partial charge in [-0.25, -0.2) is 9.78 Å². The van der Waals surface area contributed by atoms with Crippen LogP contribution in [0.2, 0.25) is 0 Å². The van der Waals surface area contributed by atoms with Gasteiger partial charge < -0.3 is 10.4 Å². The van der Waals surface area contributed by atoms with Crippen molar-refractivity contribution in [2.75, 3.05) is 5.32 Å². The molecule has 0 aliphatic rings. The predicted molar refractivity (Wildman–Crippen MR) is 77.9 cm³/mol. The lowest BCUT2D eigenvalue weighted by Gasteiger charge is -2.22.